The smallest absolute Gasteiger partial charge is 0.278 e. The molecule has 3 aliphatic rings. The molecule has 3 fully saturated rings. The van der Waals surface area contributed by atoms with Gasteiger partial charge in [0.05, 0.1) is 10.2 Å². The van der Waals surface area contributed by atoms with E-state index in [2.05, 4.69) is 29.2 Å². The van der Waals surface area contributed by atoms with Gasteiger partial charge in [0.15, 0.2) is 6.54 Å². The number of carbonyl (C=O) groups is 1. The molecule has 3 heterocycles. The third-order valence-electron chi connectivity index (χ3n) is 7.37. The normalized spacial score (nSPS) is 30.3. The Labute approximate surface area is 177 Å². The number of hydrogen-bond acceptors (Lipinski definition) is 3. The van der Waals surface area contributed by atoms with Gasteiger partial charge < -0.3 is 14.7 Å². The molecule has 0 bridgehead atoms. The van der Waals surface area contributed by atoms with Crippen molar-refractivity contribution in [2.24, 2.45) is 5.92 Å². The van der Waals surface area contributed by atoms with Crippen LogP contribution in [-0.2, 0) is 11.3 Å². The van der Waals surface area contributed by atoms with Gasteiger partial charge in [-0.05, 0) is 43.7 Å². The highest BCUT2D eigenvalue weighted by atomic mass is 32.1. The third-order valence-corrected chi connectivity index (χ3v) is 8.40. The quantitative estimate of drug-likeness (QED) is 0.776. The fraction of sp³-hybridized carbons (Fsp3) is 0.652. The van der Waals surface area contributed by atoms with E-state index in [1.54, 1.807) is 4.90 Å². The summed E-state index contributed by atoms with van der Waals surface area (Å²) < 4.78 is 1.29. The predicted octanol–water partition coefficient (Wildman–Crippen LogP) is 0.761. The molecule has 1 aromatic heterocycles. The Morgan fingerprint density at radius 1 is 1.03 bits per heavy atom. The first kappa shape index (κ1) is 19.5. The molecule has 0 unspecified atom stereocenters. The minimum Gasteiger partial charge on any atom is -0.335 e. The summed E-state index contributed by atoms with van der Waals surface area (Å²) in [5.74, 6) is 1.21. The van der Waals surface area contributed by atoms with Crippen LogP contribution in [0.2, 0.25) is 0 Å². The standard InChI is InChI=1S/C23H32N4OS/c28-23(27-11-5-7-18-6-1-3-9-20(18)27)17-26-14-12-25(13-15-26)16-22-24-19-8-2-4-10-21(19)29-22/h2,4,8,10,18,20H,1,3,5-7,9,11-17H2/p+2/t18-,20+/m1/s1. The molecule has 29 heavy (non-hydrogen) atoms. The Morgan fingerprint density at radius 2 is 1.79 bits per heavy atom. The molecule has 5 nitrogen and oxygen atoms in total. The number of thiazole rings is 1. The number of fused-ring (bicyclic) bond motifs is 2. The number of piperidine rings is 1. The van der Waals surface area contributed by atoms with Crippen LogP contribution in [0.25, 0.3) is 10.2 Å². The second-order valence-corrected chi connectivity index (χ2v) is 10.4. The summed E-state index contributed by atoms with van der Waals surface area (Å²) in [6.45, 7) is 7.23. The van der Waals surface area contributed by atoms with Gasteiger partial charge in [0.2, 0.25) is 0 Å². The Hall–Kier alpha value is -1.50. The zero-order valence-corrected chi connectivity index (χ0v) is 18.2. The summed E-state index contributed by atoms with van der Waals surface area (Å²) in [5, 5.41) is 1.25. The van der Waals surface area contributed by atoms with Crippen LogP contribution in [0.3, 0.4) is 0 Å². The molecule has 0 spiro atoms. The number of carbonyl (C=O) groups excluding carboxylic acids is 1. The maximum atomic E-state index is 13.1. The molecule has 2 saturated heterocycles. The Morgan fingerprint density at radius 3 is 2.66 bits per heavy atom. The average Bonchev–Trinajstić information content (AvgIpc) is 3.17. The van der Waals surface area contributed by atoms with Crippen molar-refractivity contribution >= 4 is 27.5 Å². The molecule has 2 N–H and O–H groups in total. The summed E-state index contributed by atoms with van der Waals surface area (Å²) in [6, 6.07) is 8.98. The van der Waals surface area contributed by atoms with Crippen LogP contribution in [0.15, 0.2) is 24.3 Å². The highest BCUT2D eigenvalue weighted by Crippen LogP contribution is 2.35. The second kappa shape index (κ2) is 8.70. The molecule has 0 radical (unpaired) electrons. The van der Waals surface area contributed by atoms with Gasteiger partial charge in [0.1, 0.15) is 37.7 Å². The number of aromatic nitrogens is 1. The lowest BCUT2D eigenvalue weighted by Crippen LogP contribution is -3.28. The molecule has 156 valence electrons. The van der Waals surface area contributed by atoms with Gasteiger partial charge in [-0.15, -0.1) is 11.3 Å². The van der Waals surface area contributed by atoms with E-state index in [9.17, 15) is 4.79 Å². The minimum absolute atomic E-state index is 0.422. The van der Waals surface area contributed by atoms with Crippen molar-refractivity contribution in [2.75, 3.05) is 39.3 Å². The molecule has 5 rings (SSSR count). The first-order chi connectivity index (χ1) is 14.3. The van der Waals surface area contributed by atoms with Crippen molar-refractivity contribution in [3.05, 3.63) is 29.3 Å². The van der Waals surface area contributed by atoms with Gasteiger partial charge >= 0.3 is 0 Å². The van der Waals surface area contributed by atoms with Gasteiger partial charge in [0, 0.05) is 12.6 Å². The number of quaternary nitrogens is 2. The largest absolute Gasteiger partial charge is 0.335 e. The van der Waals surface area contributed by atoms with Gasteiger partial charge in [-0.25, -0.2) is 4.98 Å². The topological polar surface area (TPSA) is 42.1 Å². The summed E-state index contributed by atoms with van der Waals surface area (Å²) in [4.78, 5) is 23.3. The molecule has 1 aromatic carbocycles. The predicted molar refractivity (Wildman–Crippen MR) is 116 cm³/mol. The van der Waals surface area contributed by atoms with Gasteiger partial charge in [-0.1, -0.05) is 25.0 Å². The summed E-state index contributed by atoms with van der Waals surface area (Å²) in [6.07, 6.45) is 7.82. The van der Waals surface area contributed by atoms with Crippen molar-refractivity contribution in [1.29, 1.82) is 0 Å². The van der Waals surface area contributed by atoms with E-state index in [0.717, 1.165) is 50.7 Å². The third kappa shape index (κ3) is 4.35. The zero-order chi connectivity index (χ0) is 19.6. The van der Waals surface area contributed by atoms with Crippen LogP contribution in [0.4, 0.5) is 0 Å². The highest BCUT2D eigenvalue weighted by Gasteiger charge is 2.37. The molecule has 1 aliphatic carbocycles. The van der Waals surface area contributed by atoms with E-state index in [1.807, 2.05) is 11.3 Å². The number of nitrogens with zero attached hydrogens (tertiary/aromatic N) is 2. The van der Waals surface area contributed by atoms with Gasteiger partial charge in [-0.3, -0.25) is 4.79 Å². The highest BCUT2D eigenvalue weighted by molar-refractivity contribution is 7.18. The molecule has 2 aliphatic heterocycles. The lowest BCUT2D eigenvalue weighted by Gasteiger charge is -2.44. The monoisotopic (exact) mass is 414 g/mol. The van der Waals surface area contributed by atoms with Gasteiger partial charge in [-0.2, -0.15) is 0 Å². The van der Waals surface area contributed by atoms with Crippen molar-refractivity contribution in [2.45, 2.75) is 51.1 Å². The van der Waals surface area contributed by atoms with E-state index in [0.29, 0.717) is 18.5 Å². The van der Waals surface area contributed by atoms with Crippen LogP contribution in [0.5, 0.6) is 0 Å². The van der Waals surface area contributed by atoms with Gasteiger partial charge in [0.25, 0.3) is 5.91 Å². The van der Waals surface area contributed by atoms with Crippen LogP contribution >= 0.6 is 11.3 Å². The molecule has 1 amide bonds. The van der Waals surface area contributed by atoms with E-state index >= 15 is 0 Å². The maximum absolute atomic E-state index is 13.1. The van der Waals surface area contributed by atoms with E-state index < -0.39 is 0 Å². The summed E-state index contributed by atoms with van der Waals surface area (Å²) >= 11 is 1.83. The van der Waals surface area contributed by atoms with E-state index in [-0.39, 0.29) is 0 Å². The van der Waals surface area contributed by atoms with E-state index in [4.69, 9.17) is 4.98 Å². The van der Waals surface area contributed by atoms with Crippen LogP contribution < -0.4 is 9.80 Å². The summed E-state index contributed by atoms with van der Waals surface area (Å²) in [5.41, 5.74) is 1.13. The number of para-hydroxylation sites is 1. The first-order valence-electron chi connectivity index (χ1n) is 11.6. The van der Waals surface area contributed by atoms with Crippen LogP contribution in [0.1, 0.15) is 43.5 Å². The number of likely N-dealkylation sites (tertiary alicyclic amines) is 1. The van der Waals surface area contributed by atoms with Crippen molar-refractivity contribution < 1.29 is 14.6 Å². The SMILES string of the molecule is O=C(C[NH+]1CC[NH+](Cc2nc3ccccc3s2)CC1)N1CCC[C@H]2CCCC[C@@H]21. The number of rotatable bonds is 4. The Kier molecular flexibility index (Phi) is 5.84. The van der Waals surface area contributed by atoms with Crippen LogP contribution in [-0.4, -0.2) is 61.1 Å². The number of hydrogen-bond donors (Lipinski definition) is 2. The zero-order valence-electron chi connectivity index (χ0n) is 17.4. The maximum Gasteiger partial charge on any atom is 0.278 e. The molecule has 6 heteroatoms. The van der Waals surface area contributed by atoms with Crippen molar-refractivity contribution in [3.63, 3.8) is 0 Å². The van der Waals surface area contributed by atoms with Crippen molar-refractivity contribution in [3.8, 4) is 0 Å². The minimum atomic E-state index is 0.422. The summed E-state index contributed by atoms with van der Waals surface area (Å²) in [7, 11) is 0. The van der Waals surface area contributed by atoms with Crippen LogP contribution in [0, 0.1) is 5.92 Å². The van der Waals surface area contributed by atoms with E-state index in [1.165, 1.54) is 53.1 Å². The molecule has 2 aromatic rings. The number of nitrogens with one attached hydrogen (secondary N) is 2. The number of amides is 1. The molecular weight excluding hydrogens is 380 g/mol. The molecular formula is C23H34N4OS+2. The van der Waals surface area contributed by atoms with Crippen molar-refractivity contribution in [1.82, 2.24) is 9.88 Å². The first-order valence-corrected chi connectivity index (χ1v) is 12.4. The Balaban J connectivity index is 1.12. The second-order valence-electron chi connectivity index (χ2n) is 9.27. The molecule has 2 atom stereocenters. The lowest BCUT2D eigenvalue weighted by atomic mass is 9.78. The number of benzene rings is 1. The fourth-order valence-electron chi connectivity index (χ4n) is 5.77. The molecule has 1 saturated carbocycles. The fourth-order valence-corrected chi connectivity index (χ4v) is 6.81. The average molecular weight is 415 g/mol. The Bertz CT molecular complexity index is 809. The number of piperazine rings is 1. The lowest BCUT2D eigenvalue weighted by molar-refractivity contribution is -1.02.